The number of carboxylic acids is 1. The third-order valence-electron chi connectivity index (χ3n) is 2.57. The molecule has 1 atom stereocenters. The van der Waals surface area contributed by atoms with Gasteiger partial charge in [-0.15, -0.1) is 0 Å². The monoisotopic (exact) mass is 294 g/mol. The van der Waals surface area contributed by atoms with Crippen LogP contribution in [0.2, 0.25) is 0 Å². The van der Waals surface area contributed by atoms with Crippen molar-refractivity contribution in [3.8, 4) is 5.75 Å². The lowest BCUT2D eigenvalue weighted by Gasteiger charge is -2.10. The van der Waals surface area contributed by atoms with E-state index in [1.54, 1.807) is 0 Å². The third kappa shape index (κ3) is 4.94. The summed E-state index contributed by atoms with van der Waals surface area (Å²) < 4.78 is 5.22. The number of amides is 1. The molecule has 0 saturated heterocycles. The number of nitrogens with zero attached hydrogens (tertiary/aromatic N) is 1. The predicted molar refractivity (Wildman–Crippen MR) is 73.6 cm³/mol. The Morgan fingerprint density at radius 1 is 1.52 bits per heavy atom. The molecule has 0 aliphatic carbocycles. The second-order valence-corrected chi connectivity index (χ2v) is 4.27. The van der Waals surface area contributed by atoms with E-state index in [4.69, 9.17) is 15.6 Å². The number of aliphatic carboxylic acids is 1. The molecule has 3 N–H and O–H groups in total. The quantitative estimate of drug-likeness (QED) is 0.441. The number of carbonyl (C=O) groups excluding carboxylic acids is 1. The highest BCUT2D eigenvalue weighted by Crippen LogP contribution is 2.28. The van der Waals surface area contributed by atoms with Gasteiger partial charge in [-0.2, -0.15) is 0 Å². The Hall–Kier alpha value is -2.90. The zero-order valence-electron chi connectivity index (χ0n) is 11.2. The summed E-state index contributed by atoms with van der Waals surface area (Å²) >= 11 is 0. The highest BCUT2D eigenvalue weighted by Gasteiger charge is 2.17. The second kappa shape index (κ2) is 7.04. The summed E-state index contributed by atoms with van der Waals surface area (Å²) in [7, 11) is 0. The maximum absolute atomic E-state index is 11.0. The lowest BCUT2D eigenvalue weighted by atomic mass is 10.1. The first-order chi connectivity index (χ1) is 9.81. The van der Waals surface area contributed by atoms with Gasteiger partial charge in [0.05, 0.1) is 17.4 Å². The molecule has 0 heterocycles. The fraction of sp³-hybridized carbons (Fsp3) is 0.231. The minimum atomic E-state index is -1.16. The van der Waals surface area contributed by atoms with Crippen LogP contribution in [0.3, 0.4) is 0 Å². The van der Waals surface area contributed by atoms with Gasteiger partial charge >= 0.3 is 11.7 Å². The molecule has 0 fully saturated rings. The van der Waals surface area contributed by atoms with Crippen molar-refractivity contribution < 1.29 is 24.4 Å². The van der Waals surface area contributed by atoms with Crippen molar-refractivity contribution in [2.24, 2.45) is 11.7 Å². The molecule has 8 nitrogen and oxygen atoms in total. The van der Waals surface area contributed by atoms with E-state index in [-0.39, 0.29) is 18.0 Å². The molecule has 0 spiro atoms. The predicted octanol–water partition coefficient (Wildman–Crippen LogP) is 1.19. The minimum Gasteiger partial charge on any atom is -0.486 e. The molecular formula is C13H14N2O6. The fourth-order valence-corrected chi connectivity index (χ4v) is 1.37. The van der Waals surface area contributed by atoms with Gasteiger partial charge in [0.15, 0.2) is 5.75 Å². The first kappa shape index (κ1) is 16.2. The van der Waals surface area contributed by atoms with Crippen molar-refractivity contribution in [1.29, 1.82) is 0 Å². The van der Waals surface area contributed by atoms with E-state index in [0.717, 1.165) is 6.08 Å². The largest absolute Gasteiger partial charge is 0.486 e. The van der Waals surface area contributed by atoms with Crippen LogP contribution in [0.4, 0.5) is 5.69 Å². The van der Waals surface area contributed by atoms with E-state index >= 15 is 0 Å². The van der Waals surface area contributed by atoms with E-state index in [0.29, 0.717) is 5.56 Å². The van der Waals surface area contributed by atoms with Gasteiger partial charge in [-0.1, -0.05) is 13.0 Å². The van der Waals surface area contributed by atoms with E-state index in [1.807, 2.05) is 0 Å². The number of ether oxygens (including phenoxy) is 1. The van der Waals surface area contributed by atoms with Gasteiger partial charge in [-0.25, -0.2) is 4.79 Å². The van der Waals surface area contributed by atoms with E-state index < -0.39 is 22.7 Å². The number of hydrogen-bond acceptors (Lipinski definition) is 5. The molecule has 1 unspecified atom stereocenters. The Balaban J connectivity index is 2.97. The van der Waals surface area contributed by atoms with Crippen molar-refractivity contribution in [3.05, 3.63) is 40.0 Å². The van der Waals surface area contributed by atoms with Crippen molar-refractivity contribution in [3.63, 3.8) is 0 Å². The van der Waals surface area contributed by atoms with Crippen LogP contribution in [0.1, 0.15) is 12.5 Å². The molecule has 112 valence electrons. The number of carboxylic acid groups (broad SMARTS) is 1. The summed E-state index contributed by atoms with van der Waals surface area (Å²) in [5.74, 6) is -2.33. The first-order valence-corrected chi connectivity index (χ1v) is 5.93. The molecule has 8 heteroatoms. The molecule has 21 heavy (non-hydrogen) atoms. The molecule has 0 aromatic heterocycles. The number of primary amides is 1. The van der Waals surface area contributed by atoms with Gasteiger partial charge in [0, 0.05) is 12.1 Å². The summed E-state index contributed by atoms with van der Waals surface area (Å²) in [6, 6.07) is 3.99. The normalized spacial score (nSPS) is 12.0. The number of rotatable bonds is 7. The topological polar surface area (TPSA) is 133 Å². The molecular weight excluding hydrogens is 280 g/mol. The molecule has 1 amide bonds. The van der Waals surface area contributed by atoms with Gasteiger partial charge < -0.3 is 15.6 Å². The number of nitro groups is 1. The molecule has 0 radical (unpaired) electrons. The summed E-state index contributed by atoms with van der Waals surface area (Å²) in [5.41, 5.74) is 5.10. The van der Waals surface area contributed by atoms with E-state index in [2.05, 4.69) is 0 Å². The second-order valence-electron chi connectivity index (χ2n) is 4.27. The number of hydrogen-bond donors (Lipinski definition) is 2. The number of carbonyl (C=O) groups is 2. The summed E-state index contributed by atoms with van der Waals surface area (Å²) in [6.45, 7) is 1.46. The van der Waals surface area contributed by atoms with Gasteiger partial charge in [0.2, 0.25) is 5.91 Å². The molecule has 0 saturated carbocycles. The average molecular weight is 294 g/mol. The van der Waals surface area contributed by atoms with Gasteiger partial charge in [-0.05, 0) is 17.7 Å². The molecule has 1 aromatic rings. The number of nitro benzene ring substituents is 1. The lowest BCUT2D eigenvalue weighted by Crippen LogP contribution is -2.25. The van der Waals surface area contributed by atoms with Gasteiger partial charge in [-0.3, -0.25) is 14.9 Å². The van der Waals surface area contributed by atoms with Crippen LogP contribution < -0.4 is 10.5 Å². The van der Waals surface area contributed by atoms with Crippen molar-refractivity contribution in [1.82, 2.24) is 0 Å². The summed E-state index contributed by atoms with van der Waals surface area (Å²) in [6.07, 6.45) is 2.10. The van der Waals surface area contributed by atoms with Crippen LogP contribution in [0, 0.1) is 16.0 Å². The van der Waals surface area contributed by atoms with Gasteiger partial charge in [0.25, 0.3) is 0 Å². The Kier molecular flexibility index (Phi) is 5.41. The Labute approximate surface area is 120 Å². The first-order valence-electron chi connectivity index (χ1n) is 5.93. The maximum atomic E-state index is 11.0. The summed E-state index contributed by atoms with van der Waals surface area (Å²) in [4.78, 5) is 31.6. The van der Waals surface area contributed by atoms with Crippen LogP contribution >= 0.6 is 0 Å². The zero-order chi connectivity index (χ0) is 16.0. The van der Waals surface area contributed by atoms with Gasteiger partial charge in [0.1, 0.15) is 0 Å². The summed E-state index contributed by atoms with van der Waals surface area (Å²) in [5, 5.41) is 19.5. The van der Waals surface area contributed by atoms with Crippen molar-refractivity contribution in [2.75, 3.05) is 6.61 Å². The number of benzene rings is 1. The highest BCUT2D eigenvalue weighted by atomic mass is 16.6. The third-order valence-corrected chi connectivity index (χ3v) is 2.57. The number of nitrogens with two attached hydrogens (primary N) is 1. The zero-order valence-corrected chi connectivity index (χ0v) is 11.2. The standard InChI is InChI=1S/C13H14N2O6/c1-8(13(14)18)7-21-11-4-2-9(3-5-12(16)17)6-10(11)15(19)20/h2-6,8H,7H2,1H3,(H2,14,18)(H,16,17)/b5-3+. The van der Waals surface area contributed by atoms with Crippen LogP contribution in [0.5, 0.6) is 5.75 Å². The molecule has 1 aromatic carbocycles. The molecule has 1 rings (SSSR count). The highest BCUT2D eigenvalue weighted by molar-refractivity contribution is 5.85. The van der Waals surface area contributed by atoms with Crippen molar-refractivity contribution >= 4 is 23.6 Å². The lowest BCUT2D eigenvalue weighted by molar-refractivity contribution is -0.385. The Morgan fingerprint density at radius 2 is 2.19 bits per heavy atom. The van der Waals surface area contributed by atoms with E-state index in [9.17, 15) is 19.7 Å². The van der Waals surface area contributed by atoms with Crippen LogP contribution in [-0.2, 0) is 9.59 Å². The SMILES string of the molecule is CC(COc1ccc(/C=C/C(=O)O)cc1[N+](=O)[O-])C(N)=O. The van der Waals surface area contributed by atoms with Crippen molar-refractivity contribution in [2.45, 2.75) is 6.92 Å². The van der Waals surface area contributed by atoms with Crippen LogP contribution in [0.15, 0.2) is 24.3 Å². The molecule has 0 bridgehead atoms. The van der Waals surface area contributed by atoms with Crippen LogP contribution in [-0.4, -0.2) is 28.5 Å². The molecule has 0 aliphatic rings. The van der Waals surface area contributed by atoms with E-state index in [1.165, 1.54) is 31.2 Å². The average Bonchev–Trinajstić information content (AvgIpc) is 2.42. The minimum absolute atomic E-state index is 0.0134. The fourth-order valence-electron chi connectivity index (χ4n) is 1.37. The van der Waals surface area contributed by atoms with Crippen LogP contribution in [0.25, 0.3) is 6.08 Å². The molecule has 0 aliphatic heterocycles. The Bertz CT molecular complexity index is 596. The smallest absolute Gasteiger partial charge is 0.328 e. The maximum Gasteiger partial charge on any atom is 0.328 e. The Morgan fingerprint density at radius 3 is 2.71 bits per heavy atom.